The molecule has 4 atom stereocenters. The van der Waals surface area contributed by atoms with Crippen LogP contribution in [0.25, 0.3) is 10.8 Å². The third-order valence-electron chi connectivity index (χ3n) is 6.73. The lowest BCUT2D eigenvalue weighted by Crippen LogP contribution is -2.29. The minimum absolute atomic E-state index is 0.00424. The number of rotatable bonds is 2. The number of carbonyl (C=O) groups excluding carboxylic acids is 1. The predicted octanol–water partition coefficient (Wildman–Crippen LogP) is 6.09. The number of carbonyl (C=O) groups is 1. The van der Waals surface area contributed by atoms with Crippen LogP contribution in [0.3, 0.4) is 0 Å². The Labute approximate surface area is 154 Å². The van der Waals surface area contributed by atoms with E-state index in [-0.39, 0.29) is 5.56 Å². The van der Waals surface area contributed by atoms with E-state index in [2.05, 4.69) is 23.8 Å². The summed E-state index contributed by atoms with van der Waals surface area (Å²) in [6, 6.07) is 9.38. The van der Waals surface area contributed by atoms with Gasteiger partial charge in [0.15, 0.2) is 0 Å². The van der Waals surface area contributed by atoms with Crippen molar-refractivity contribution in [2.24, 2.45) is 17.8 Å². The maximum Gasteiger partial charge on any atom is 0.340 e. The second kappa shape index (κ2) is 7.02. The molecule has 3 heteroatoms. The van der Waals surface area contributed by atoms with Crippen LogP contribution in [0.5, 0.6) is 0 Å². The number of hydrogen-bond acceptors (Lipinski definition) is 2. The summed E-state index contributed by atoms with van der Waals surface area (Å²) in [6.45, 7) is 2.39. The van der Waals surface area contributed by atoms with Gasteiger partial charge in [-0.1, -0.05) is 37.6 Å². The molecule has 2 aliphatic rings. The van der Waals surface area contributed by atoms with E-state index < -0.39 is 11.8 Å². The second-order valence-electron chi connectivity index (χ2n) is 8.35. The summed E-state index contributed by atoms with van der Waals surface area (Å²) in [5, 5.41) is 1.36. The molecule has 2 fully saturated rings. The molecule has 0 saturated heterocycles. The van der Waals surface area contributed by atoms with Crippen molar-refractivity contribution in [3.8, 4) is 0 Å². The van der Waals surface area contributed by atoms with Crippen LogP contribution >= 0.6 is 0 Å². The molecule has 2 aromatic rings. The average molecular weight is 354 g/mol. The first-order chi connectivity index (χ1) is 12.6. The van der Waals surface area contributed by atoms with Crippen molar-refractivity contribution < 1.29 is 13.9 Å². The molecule has 2 nitrogen and oxygen atoms in total. The van der Waals surface area contributed by atoms with Gasteiger partial charge >= 0.3 is 5.97 Å². The van der Waals surface area contributed by atoms with Crippen LogP contribution in [0.2, 0.25) is 0 Å². The number of ether oxygens (including phenoxy) is 1. The summed E-state index contributed by atoms with van der Waals surface area (Å²) < 4.78 is 19.3. The topological polar surface area (TPSA) is 26.3 Å². The molecule has 0 aromatic heterocycles. The van der Waals surface area contributed by atoms with Gasteiger partial charge in [-0.25, -0.2) is 9.18 Å². The fourth-order valence-electron chi connectivity index (χ4n) is 5.26. The van der Waals surface area contributed by atoms with Gasteiger partial charge in [0.2, 0.25) is 0 Å². The van der Waals surface area contributed by atoms with E-state index in [0.717, 1.165) is 23.1 Å². The van der Waals surface area contributed by atoms with E-state index in [0.29, 0.717) is 11.3 Å². The molecular formula is C23H27FO2. The van der Waals surface area contributed by atoms with E-state index >= 15 is 0 Å². The fourth-order valence-corrected chi connectivity index (χ4v) is 5.26. The van der Waals surface area contributed by atoms with Crippen LogP contribution in [0.15, 0.2) is 30.3 Å². The Morgan fingerprint density at radius 1 is 1.04 bits per heavy atom. The number of halogens is 1. The van der Waals surface area contributed by atoms with Gasteiger partial charge < -0.3 is 4.74 Å². The van der Waals surface area contributed by atoms with Gasteiger partial charge in [-0.3, -0.25) is 0 Å². The minimum Gasteiger partial charge on any atom is -0.465 e. The molecule has 0 amide bonds. The molecule has 0 spiro atoms. The predicted molar refractivity (Wildman–Crippen MR) is 102 cm³/mol. The maximum absolute atomic E-state index is 14.6. The summed E-state index contributed by atoms with van der Waals surface area (Å²) in [5.74, 6) is 2.14. The molecule has 4 unspecified atom stereocenters. The highest BCUT2D eigenvalue weighted by Crippen LogP contribution is 2.47. The SMILES string of the molecule is COC(=O)c1ccc2cc(C3CCC4CC(C)CCC4C3)ccc2c1F. The van der Waals surface area contributed by atoms with Gasteiger partial charge in [-0.05, 0) is 72.8 Å². The lowest BCUT2D eigenvalue weighted by Gasteiger charge is -2.41. The summed E-state index contributed by atoms with van der Waals surface area (Å²) in [4.78, 5) is 11.7. The zero-order valence-electron chi connectivity index (χ0n) is 15.6. The first-order valence-corrected chi connectivity index (χ1v) is 9.87. The normalized spacial score (nSPS) is 28.6. The molecule has 0 bridgehead atoms. The monoisotopic (exact) mass is 354 g/mol. The van der Waals surface area contributed by atoms with Crippen LogP contribution in [-0.2, 0) is 4.74 Å². The van der Waals surface area contributed by atoms with Crippen molar-refractivity contribution in [3.63, 3.8) is 0 Å². The Balaban J connectivity index is 1.59. The van der Waals surface area contributed by atoms with Crippen molar-refractivity contribution in [3.05, 3.63) is 47.3 Å². The number of esters is 1. The van der Waals surface area contributed by atoms with Crippen molar-refractivity contribution in [1.29, 1.82) is 0 Å². The van der Waals surface area contributed by atoms with Crippen molar-refractivity contribution in [1.82, 2.24) is 0 Å². The van der Waals surface area contributed by atoms with Gasteiger partial charge in [-0.2, -0.15) is 0 Å². The summed E-state index contributed by atoms with van der Waals surface area (Å²) >= 11 is 0. The van der Waals surface area contributed by atoms with Gasteiger partial charge in [0.1, 0.15) is 5.82 Å². The Kier molecular flexibility index (Phi) is 4.73. The quantitative estimate of drug-likeness (QED) is 0.610. The van der Waals surface area contributed by atoms with Gasteiger partial charge in [0.25, 0.3) is 0 Å². The lowest BCUT2D eigenvalue weighted by atomic mass is 9.64. The molecule has 0 radical (unpaired) electrons. The first-order valence-electron chi connectivity index (χ1n) is 9.87. The van der Waals surface area contributed by atoms with Crippen LogP contribution in [0.4, 0.5) is 4.39 Å². The molecule has 4 rings (SSSR count). The molecule has 0 heterocycles. The third-order valence-corrected chi connectivity index (χ3v) is 6.73. The lowest BCUT2D eigenvalue weighted by molar-refractivity contribution is 0.0596. The summed E-state index contributed by atoms with van der Waals surface area (Å²) in [5.41, 5.74) is 1.32. The average Bonchev–Trinajstić information content (AvgIpc) is 2.67. The van der Waals surface area contributed by atoms with Crippen molar-refractivity contribution in [2.45, 2.75) is 51.4 Å². The summed E-state index contributed by atoms with van der Waals surface area (Å²) in [6.07, 6.45) is 7.97. The fraction of sp³-hybridized carbons (Fsp3) is 0.522. The third kappa shape index (κ3) is 3.13. The van der Waals surface area contributed by atoms with E-state index in [1.807, 2.05) is 12.1 Å². The van der Waals surface area contributed by atoms with Crippen LogP contribution in [-0.4, -0.2) is 13.1 Å². The minimum atomic E-state index is -0.627. The zero-order chi connectivity index (χ0) is 18.3. The van der Waals surface area contributed by atoms with E-state index in [1.54, 1.807) is 0 Å². The highest BCUT2D eigenvalue weighted by atomic mass is 19.1. The first kappa shape index (κ1) is 17.5. The largest absolute Gasteiger partial charge is 0.465 e. The number of benzene rings is 2. The molecule has 2 aliphatic carbocycles. The molecule has 26 heavy (non-hydrogen) atoms. The molecule has 2 aromatic carbocycles. The van der Waals surface area contributed by atoms with Crippen LogP contribution in [0.1, 0.15) is 67.3 Å². The highest BCUT2D eigenvalue weighted by molar-refractivity contribution is 5.96. The number of fused-ring (bicyclic) bond motifs is 2. The Hall–Kier alpha value is -1.90. The number of hydrogen-bond donors (Lipinski definition) is 0. The van der Waals surface area contributed by atoms with Crippen molar-refractivity contribution in [2.75, 3.05) is 7.11 Å². The second-order valence-corrected chi connectivity index (χ2v) is 8.35. The molecule has 0 N–H and O–H groups in total. The van der Waals surface area contributed by atoms with E-state index in [9.17, 15) is 9.18 Å². The zero-order valence-corrected chi connectivity index (χ0v) is 15.6. The van der Waals surface area contributed by atoms with Crippen LogP contribution < -0.4 is 0 Å². The molecule has 0 aliphatic heterocycles. The number of methoxy groups -OCH3 is 1. The highest BCUT2D eigenvalue weighted by Gasteiger charge is 2.34. The van der Waals surface area contributed by atoms with E-state index in [1.165, 1.54) is 57.3 Å². The molecule has 138 valence electrons. The van der Waals surface area contributed by atoms with Crippen molar-refractivity contribution >= 4 is 16.7 Å². The summed E-state index contributed by atoms with van der Waals surface area (Å²) in [7, 11) is 1.28. The molecular weight excluding hydrogens is 327 g/mol. The maximum atomic E-state index is 14.6. The molecule has 2 saturated carbocycles. The van der Waals surface area contributed by atoms with Crippen LogP contribution in [0, 0.1) is 23.6 Å². The Bertz CT molecular complexity index is 828. The van der Waals surface area contributed by atoms with Gasteiger partial charge in [-0.15, -0.1) is 0 Å². The Morgan fingerprint density at radius 3 is 2.62 bits per heavy atom. The Morgan fingerprint density at radius 2 is 1.81 bits per heavy atom. The standard InChI is InChI=1S/C23H27FO2/c1-14-3-4-16-12-17(6-5-15(16)11-14)18-7-9-20-19(13-18)8-10-21(22(20)24)23(25)26-2/h7-10,13-17H,3-6,11-12H2,1-2H3. The van der Waals surface area contributed by atoms with Gasteiger partial charge in [0, 0.05) is 5.39 Å². The smallest absolute Gasteiger partial charge is 0.340 e. The van der Waals surface area contributed by atoms with Gasteiger partial charge in [0.05, 0.1) is 12.7 Å². The van der Waals surface area contributed by atoms with E-state index in [4.69, 9.17) is 0 Å².